The highest BCUT2D eigenvalue weighted by Gasteiger charge is 2.17. The Morgan fingerprint density at radius 3 is 2.22 bits per heavy atom. The van der Waals surface area contributed by atoms with E-state index in [0.717, 1.165) is 16.9 Å². The van der Waals surface area contributed by atoms with Crippen molar-refractivity contribution in [1.82, 2.24) is 4.72 Å². The minimum atomic E-state index is -3.61. The maximum Gasteiger partial charge on any atom is 0.240 e. The second-order valence-corrected chi connectivity index (χ2v) is 8.76. The van der Waals surface area contributed by atoms with Crippen molar-refractivity contribution in [1.29, 1.82) is 0 Å². The van der Waals surface area contributed by atoms with Crippen LogP contribution in [0.2, 0.25) is 0 Å². The molecule has 6 heteroatoms. The minimum Gasteiger partial charge on any atom is -0.496 e. The average Bonchev–Trinajstić information content (AvgIpc) is 2.64. The van der Waals surface area contributed by atoms with Crippen LogP contribution in [0, 0.1) is 0 Å². The van der Waals surface area contributed by atoms with Gasteiger partial charge in [-0.25, -0.2) is 13.1 Å². The van der Waals surface area contributed by atoms with Gasteiger partial charge in [-0.2, -0.15) is 0 Å². The van der Waals surface area contributed by atoms with Gasteiger partial charge in [0.2, 0.25) is 10.0 Å². The van der Waals surface area contributed by atoms with Gasteiger partial charge in [0, 0.05) is 6.54 Å². The van der Waals surface area contributed by atoms with Crippen LogP contribution in [0.5, 0.6) is 11.5 Å². The van der Waals surface area contributed by atoms with Crippen LogP contribution in [0.25, 0.3) is 0 Å². The normalized spacial score (nSPS) is 11.8. The van der Waals surface area contributed by atoms with Crippen molar-refractivity contribution in [2.45, 2.75) is 44.4 Å². The van der Waals surface area contributed by atoms with E-state index in [9.17, 15) is 8.42 Å². The molecule has 27 heavy (non-hydrogen) atoms. The molecule has 0 bridgehead atoms. The lowest BCUT2D eigenvalue weighted by Gasteiger charge is -2.15. The van der Waals surface area contributed by atoms with Crippen LogP contribution in [-0.4, -0.2) is 28.7 Å². The molecule has 5 nitrogen and oxygen atoms in total. The first kappa shape index (κ1) is 21.3. The number of methoxy groups -OCH3 is 1. The van der Waals surface area contributed by atoms with E-state index in [4.69, 9.17) is 9.47 Å². The average molecular weight is 392 g/mol. The lowest BCUT2D eigenvalue weighted by molar-refractivity contribution is 0.318. The fraction of sp³-hybridized carbons (Fsp3) is 0.429. The lowest BCUT2D eigenvalue weighted by atomic mass is 10.0. The molecule has 0 unspecified atom stereocenters. The number of hydrogen-bond acceptors (Lipinski definition) is 4. The van der Waals surface area contributed by atoms with Gasteiger partial charge in [0.05, 0.1) is 12.0 Å². The highest BCUT2D eigenvalue weighted by atomic mass is 32.2. The maximum absolute atomic E-state index is 12.6. The SMILES string of the molecule is COc1ccc(S(=O)(=O)NCCOc2ccccc2C(C)C)cc1C(C)C. The lowest BCUT2D eigenvalue weighted by Crippen LogP contribution is -2.28. The molecule has 0 saturated carbocycles. The number of sulfonamides is 1. The molecule has 0 spiro atoms. The van der Waals surface area contributed by atoms with Crippen LogP contribution in [0.15, 0.2) is 47.4 Å². The Hall–Kier alpha value is -2.05. The molecule has 148 valence electrons. The summed E-state index contributed by atoms with van der Waals surface area (Å²) in [5, 5.41) is 0. The van der Waals surface area contributed by atoms with Gasteiger partial charge in [-0.15, -0.1) is 0 Å². The highest BCUT2D eigenvalue weighted by Crippen LogP contribution is 2.29. The van der Waals surface area contributed by atoms with E-state index in [0.29, 0.717) is 11.7 Å². The summed E-state index contributed by atoms with van der Waals surface area (Å²) >= 11 is 0. The van der Waals surface area contributed by atoms with Gasteiger partial charge in [0.25, 0.3) is 0 Å². The van der Waals surface area contributed by atoms with Gasteiger partial charge >= 0.3 is 0 Å². The monoisotopic (exact) mass is 391 g/mol. The molecule has 0 radical (unpaired) electrons. The summed E-state index contributed by atoms with van der Waals surface area (Å²) in [5.41, 5.74) is 1.97. The first-order chi connectivity index (χ1) is 12.8. The van der Waals surface area contributed by atoms with Crippen LogP contribution in [0.3, 0.4) is 0 Å². The van der Waals surface area contributed by atoms with Crippen molar-refractivity contribution in [2.75, 3.05) is 20.3 Å². The predicted molar refractivity (Wildman–Crippen MR) is 108 cm³/mol. The Balaban J connectivity index is 2.03. The van der Waals surface area contributed by atoms with Crippen molar-refractivity contribution in [3.63, 3.8) is 0 Å². The standard InChI is InChI=1S/C21H29NO4S/c1-15(2)18-8-6-7-9-21(18)26-13-12-22-27(23,24)17-10-11-20(25-5)19(14-17)16(3)4/h6-11,14-16,22H,12-13H2,1-5H3. The van der Waals surface area contributed by atoms with E-state index in [1.165, 1.54) is 0 Å². The van der Waals surface area contributed by atoms with Gasteiger partial charge in [-0.1, -0.05) is 45.9 Å². The highest BCUT2D eigenvalue weighted by molar-refractivity contribution is 7.89. The van der Waals surface area contributed by atoms with E-state index in [1.807, 2.05) is 38.1 Å². The third kappa shape index (κ3) is 5.47. The minimum absolute atomic E-state index is 0.158. The topological polar surface area (TPSA) is 64.6 Å². The smallest absolute Gasteiger partial charge is 0.240 e. The zero-order valence-corrected chi connectivity index (χ0v) is 17.5. The number of para-hydroxylation sites is 1. The van der Waals surface area contributed by atoms with Gasteiger partial charge in [-0.3, -0.25) is 0 Å². The molecule has 0 saturated heterocycles. The number of hydrogen-bond donors (Lipinski definition) is 1. The molecular formula is C21H29NO4S. The van der Waals surface area contributed by atoms with Crippen molar-refractivity contribution in [2.24, 2.45) is 0 Å². The molecule has 0 heterocycles. The summed E-state index contributed by atoms with van der Waals surface area (Å²) in [6.07, 6.45) is 0. The largest absolute Gasteiger partial charge is 0.496 e. The number of benzene rings is 2. The Kier molecular flexibility index (Phi) is 7.27. The van der Waals surface area contributed by atoms with E-state index >= 15 is 0 Å². The Morgan fingerprint density at radius 2 is 1.59 bits per heavy atom. The Bertz CT molecular complexity index is 860. The third-order valence-electron chi connectivity index (χ3n) is 4.33. The molecule has 0 aliphatic heterocycles. The van der Waals surface area contributed by atoms with Crippen molar-refractivity contribution >= 4 is 10.0 Å². The fourth-order valence-electron chi connectivity index (χ4n) is 2.84. The zero-order valence-electron chi connectivity index (χ0n) is 16.7. The van der Waals surface area contributed by atoms with E-state index < -0.39 is 10.0 Å². The summed E-state index contributed by atoms with van der Waals surface area (Å²) in [6.45, 7) is 8.65. The summed E-state index contributed by atoms with van der Waals surface area (Å²) in [7, 11) is -2.02. The van der Waals surface area contributed by atoms with Crippen LogP contribution in [0.4, 0.5) is 0 Å². The molecule has 2 aromatic rings. The number of rotatable bonds is 9. The molecule has 0 fully saturated rings. The molecule has 0 amide bonds. The maximum atomic E-state index is 12.6. The van der Waals surface area contributed by atoms with Gasteiger partial charge in [0.15, 0.2) is 0 Å². The summed E-state index contributed by atoms with van der Waals surface area (Å²) < 4.78 is 38.9. The Labute approximate surface area is 162 Å². The molecule has 0 aliphatic rings. The van der Waals surface area contributed by atoms with Gasteiger partial charge in [-0.05, 0) is 47.2 Å². The zero-order chi connectivity index (χ0) is 20.0. The summed E-state index contributed by atoms with van der Waals surface area (Å²) in [5.74, 6) is 1.98. The quantitative estimate of drug-likeness (QED) is 0.647. The summed E-state index contributed by atoms with van der Waals surface area (Å²) in [4.78, 5) is 0.231. The fourth-order valence-corrected chi connectivity index (χ4v) is 3.89. The molecule has 2 aromatic carbocycles. The van der Waals surface area contributed by atoms with E-state index in [-0.39, 0.29) is 24.0 Å². The van der Waals surface area contributed by atoms with Crippen molar-refractivity contribution in [3.05, 3.63) is 53.6 Å². The van der Waals surface area contributed by atoms with Crippen LogP contribution < -0.4 is 14.2 Å². The van der Waals surface area contributed by atoms with Crippen molar-refractivity contribution in [3.8, 4) is 11.5 Å². The first-order valence-electron chi connectivity index (χ1n) is 9.15. The van der Waals surface area contributed by atoms with Gasteiger partial charge in [0.1, 0.15) is 18.1 Å². The summed E-state index contributed by atoms with van der Waals surface area (Å²) in [6, 6.07) is 12.7. The van der Waals surface area contributed by atoms with Crippen molar-refractivity contribution < 1.29 is 17.9 Å². The second-order valence-electron chi connectivity index (χ2n) is 7.00. The molecular weight excluding hydrogens is 362 g/mol. The second kappa shape index (κ2) is 9.24. The van der Waals surface area contributed by atoms with Crippen LogP contribution in [0.1, 0.15) is 50.7 Å². The molecule has 0 aliphatic carbocycles. The van der Waals surface area contributed by atoms with Crippen LogP contribution >= 0.6 is 0 Å². The number of ether oxygens (including phenoxy) is 2. The molecule has 0 atom stereocenters. The van der Waals surface area contributed by atoms with E-state index in [1.54, 1.807) is 25.3 Å². The molecule has 1 N–H and O–H groups in total. The first-order valence-corrected chi connectivity index (χ1v) is 10.6. The van der Waals surface area contributed by atoms with Gasteiger partial charge < -0.3 is 9.47 Å². The Morgan fingerprint density at radius 1 is 0.926 bits per heavy atom. The molecule has 0 aromatic heterocycles. The third-order valence-corrected chi connectivity index (χ3v) is 5.78. The predicted octanol–water partition coefficient (Wildman–Crippen LogP) is 4.30. The molecule has 2 rings (SSSR count). The van der Waals surface area contributed by atoms with Crippen LogP contribution in [-0.2, 0) is 10.0 Å². The van der Waals surface area contributed by atoms with E-state index in [2.05, 4.69) is 18.6 Å². The number of nitrogens with one attached hydrogen (secondary N) is 1.